The zero-order chi connectivity index (χ0) is 24.4. The maximum Gasteiger partial charge on any atom is 0.153 e. The minimum atomic E-state index is -0.926. The predicted octanol–water partition coefficient (Wildman–Crippen LogP) is 5.24. The van der Waals surface area contributed by atoms with Crippen LogP contribution < -0.4 is 10.6 Å². The molecule has 11 heteroatoms. The Kier molecular flexibility index (Phi) is 6.32. The van der Waals surface area contributed by atoms with Gasteiger partial charge in [0.05, 0.1) is 17.2 Å². The van der Waals surface area contributed by atoms with E-state index >= 15 is 0 Å². The molecule has 4 aromatic rings. The molecule has 0 aliphatic carbocycles. The quantitative estimate of drug-likeness (QED) is 0.360. The van der Waals surface area contributed by atoms with Crippen molar-refractivity contribution in [2.45, 2.75) is 26.3 Å². The first-order valence-corrected chi connectivity index (χ1v) is 10.4. The number of nitrogens with zero attached hydrogens (tertiary/aromatic N) is 5. The summed E-state index contributed by atoms with van der Waals surface area (Å²) in [7, 11) is 0. The predicted molar refractivity (Wildman–Crippen MR) is 118 cm³/mol. The molecule has 0 aliphatic rings. The molecule has 0 fully saturated rings. The molecule has 0 spiro atoms. The van der Waals surface area contributed by atoms with E-state index in [4.69, 9.17) is 0 Å². The number of hydrogen-bond acceptors (Lipinski definition) is 6. The molecular formula is C23H19F4N7. The van der Waals surface area contributed by atoms with E-state index in [2.05, 4.69) is 25.6 Å². The number of fused-ring (bicyclic) bond motifs is 1. The highest BCUT2D eigenvalue weighted by molar-refractivity contribution is 5.79. The first-order chi connectivity index (χ1) is 16.3. The summed E-state index contributed by atoms with van der Waals surface area (Å²) in [4.78, 5) is 12.5. The SMILES string of the molecule is CCCNc1ncnc(NC(C)c2nc3c(F)cc(F)cc3n2-c2cc(F)cc(F)c2)c1C#N. The van der Waals surface area contributed by atoms with Gasteiger partial charge in [0.15, 0.2) is 5.82 Å². The average Bonchev–Trinajstić information content (AvgIpc) is 3.17. The third-order valence-corrected chi connectivity index (χ3v) is 5.05. The molecule has 1 atom stereocenters. The van der Waals surface area contributed by atoms with Gasteiger partial charge in [-0.2, -0.15) is 5.26 Å². The molecule has 2 N–H and O–H groups in total. The lowest BCUT2D eigenvalue weighted by Gasteiger charge is -2.18. The van der Waals surface area contributed by atoms with Crippen LogP contribution in [0.4, 0.5) is 29.2 Å². The smallest absolute Gasteiger partial charge is 0.153 e. The second kappa shape index (κ2) is 9.35. The van der Waals surface area contributed by atoms with Crippen LogP contribution in [0.1, 0.15) is 37.7 Å². The molecule has 0 saturated carbocycles. The molecule has 34 heavy (non-hydrogen) atoms. The Labute approximate surface area is 192 Å². The summed E-state index contributed by atoms with van der Waals surface area (Å²) >= 11 is 0. The van der Waals surface area contributed by atoms with Crippen LogP contribution >= 0.6 is 0 Å². The van der Waals surface area contributed by atoms with Crippen molar-refractivity contribution in [3.63, 3.8) is 0 Å². The number of benzene rings is 2. The van der Waals surface area contributed by atoms with Crippen LogP contribution in [0, 0.1) is 34.6 Å². The molecule has 0 radical (unpaired) electrons. The molecule has 2 heterocycles. The van der Waals surface area contributed by atoms with Crippen molar-refractivity contribution in [2.24, 2.45) is 0 Å². The Morgan fingerprint density at radius 2 is 1.68 bits per heavy atom. The summed E-state index contributed by atoms with van der Waals surface area (Å²) in [6, 6.07) is 5.76. The van der Waals surface area contributed by atoms with Crippen LogP contribution in [0.3, 0.4) is 0 Å². The Morgan fingerprint density at radius 1 is 1.00 bits per heavy atom. The second-order valence-corrected chi connectivity index (χ2v) is 7.54. The van der Waals surface area contributed by atoms with Crippen LogP contribution in [-0.2, 0) is 0 Å². The minimum absolute atomic E-state index is 0.0119. The number of anilines is 2. The highest BCUT2D eigenvalue weighted by atomic mass is 19.1. The van der Waals surface area contributed by atoms with E-state index in [-0.39, 0.29) is 33.9 Å². The minimum Gasteiger partial charge on any atom is -0.369 e. The standard InChI is InChI=1S/C23H19F4N7/c1-3-4-29-21-17(10-28)22(31-11-30-21)32-12(2)23-33-20-18(27)8-15(26)9-19(20)34(23)16-6-13(24)5-14(25)7-16/h5-9,11-12H,3-4H2,1-2H3,(H2,29,30,31,32). The summed E-state index contributed by atoms with van der Waals surface area (Å²) in [5, 5.41) is 15.7. The Bertz CT molecular complexity index is 1390. The molecule has 2 aromatic carbocycles. The molecule has 0 saturated heterocycles. The van der Waals surface area contributed by atoms with Crippen LogP contribution in [0.5, 0.6) is 0 Å². The largest absolute Gasteiger partial charge is 0.369 e. The van der Waals surface area contributed by atoms with Gasteiger partial charge in [-0.05, 0) is 25.5 Å². The average molecular weight is 469 g/mol. The van der Waals surface area contributed by atoms with Crippen molar-refractivity contribution >= 4 is 22.7 Å². The van der Waals surface area contributed by atoms with E-state index in [1.165, 1.54) is 10.9 Å². The van der Waals surface area contributed by atoms with E-state index in [1.54, 1.807) is 6.92 Å². The first-order valence-electron chi connectivity index (χ1n) is 10.4. The third kappa shape index (κ3) is 4.34. The van der Waals surface area contributed by atoms with Gasteiger partial charge in [-0.25, -0.2) is 32.5 Å². The summed E-state index contributed by atoms with van der Waals surface area (Å²) < 4.78 is 57.9. The van der Waals surface area contributed by atoms with Crippen LogP contribution in [0.25, 0.3) is 16.7 Å². The highest BCUT2D eigenvalue weighted by Crippen LogP contribution is 2.31. The fraction of sp³-hybridized carbons (Fsp3) is 0.217. The van der Waals surface area contributed by atoms with Gasteiger partial charge in [-0.3, -0.25) is 4.57 Å². The lowest BCUT2D eigenvalue weighted by Crippen LogP contribution is -2.16. The number of aromatic nitrogens is 4. The summed E-state index contributed by atoms with van der Waals surface area (Å²) in [5.41, 5.74) is -0.0514. The van der Waals surface area contributed by atoms with Gasteiger partial charge in [0.1, 0.15) is 58.4 Å². The van der Waals surface area contributed by atoms with Gasteiger partial charge in [0, 0.05) is 24.7 Å². The lowest BCUT2D eigenvalue weighted by atomic mass is 10.2. The van der Waals surface area contributed by atoms with Gasteiger partial charge < -0.3 is 10.6 Å². The van der Waals surface area contributed by atoms with Gasteiger partial charge in [-0.1, -0.05) is 6.92 Å². The Hall–Kier alpha value is -4.20. The van der Waals surface area contributed by atoms with Gasteiger partial charge >= 0.3 is 0 Å². The molecule has 0 amide bonds. The number of imidazole rings is 1. The van der Waals surface area contributed by atoms with Crippen molar-refractivity contribution < 1.29 is 17.6 Å². The zero-order valence-electron chi connectivity index (χ0n) is 18.2. The number of nitrogens with one attached hydrogen (secondary N) is 2. The normalized spacial score (nSPS) is 11.9. The Balaban J connectivity index is 1.85. The van der Waals surface area contributed by atoms with E-state index in [0.29, 0.717) is 24.5 Å². The van der Waals surface area contributed by atoms with Gasteiger partial charge in [-0.15, -0.1) is 0 Å². The molecule has 4 rings (SSSR count). The summed E-state index contributed by atoms with van der Waals surface area (Å²) in [6.07, 6.45) is 2.08. The second-order valence-electron chi connectivity index (χ2n) is 7.54. The van der Waals surface area contributed by atoms with E-state index in [0.717, 1.165) is 24.6 Å². The van der Waals surface area contributed by atoms with Crippen molar-refractivity contribution in [1.29, 1.82) is 5.26 Å². The fourth-order valence-electron chi connectivity index (χ4n) is 3.60. The van der Waals surface area contributed by atoms with Crippen molar-refractivity contribution in [1.82, 2.24) is 19.5 Å². The maximum atomic E-state index is 14.5. The third-order valence-electron chi connectivity index (χ3n) is 5.05. The Morgan fingerprint density at radius 3 is 2.35 bits per heavy atom. The zero-order valence-corrected chi connectivity index (χ0v) is 18.2. The van der Waals surface area contributed by atoms with Crippen LogP contribution in [0.2, 0.25) is 0 Å². The van der Waals surface area contributed by atoms with E-state index in [9.17, 15) is 22.8 Å². The monoisotopic (exact) mass is 469 g/mol. The van der Waals surface area contributed by atoms with Crippen molar-refractivity contribution in [3.05, 3.63) is 71.3 Å². The number of hydrogen-bond donors (Lipinski definition) is 2. The summed E-state index contributed by atoms with van der Waals surface area (Å²) in [5.74, 6) is -2.89. The molecule has 0 aliphatic heterocycles. The number of nitriles is 1. The topological polar surface area (TPSA) is 91.4 Å². The highest BCUT2D eigenvalue weighted by Gasteiger charge is 2.23. The van der Waals surface area contributed by atoms with Crippen molar-refractivity contribution in [3.8, 4) is 11.8 Å². The van der Waals surface area contributed by atoms with E-state index in [1.807, 2.05) is 13.0 Å². The summed E-state index contributed by atoms with van der Waals surface area (Å²) in [6.45, 7) is 4.19. The molecule has 1 unspecified atom stereocenters. The van der Waals surface area contributed by atoms with Gasteiger partial charge in [0.2, 0.25) is 0 Å². The fourth-order valence-corrected chi connectivity index (χ4v) is 3.60. The maximum absolute atomic E-state index is 14.5. The molecule has 174 valence electrons. The van der Waals surface area contributed by atoms with Crippen LogP contribution in [0.15, 0.2) is 36.7 Å². The molecular weight excluding hydrogens is 450 g/mol. The molecule has 2 aromatic heterocycles. The lowest BCUT2D eigenvalue weighted by molar-refractivity contribution is 0.581. The van der Waals surface area contributed by atoms with Crippen molar-refractivity contribution in [2.75, 3.05) is 17.2 Å². The van der Waals surface area contributed by atoms with Gasteiger partial charge in [0.25, 0.3) is 0 Å². The molecule has 0 bridgehead atoms. The molecule has 7 nitrogen and oxygen atoms in total. The van der Waals surface area contributed by atoms with Crippen LogP contribution in [-0.4, -0.2) is 26.1 Å². The number of halogens is 4. The van der Waals surface area contributed by atoms with E-state index < -0.39 is 29.3 Å². The first kappa shape index (κ1) is 23.0. The number of rotatable bonds is 7.